The fourth-order valence-electron chi connectivity index (χ4n) is 3.27. The van der Waals surface area contributed by atoms with Crippen molar-refractivity contribution in [3.8, 4) is 5.69 Å². The van der Waals surface area contributed by atoms with Gasteiger partial charge in [-0.05, 0) is 31.2 Å². The van der Waals surface area contributed by atoms with Gasteiger partial charge in [-0.25, -0.2) is 9.48 Å². The van der Waals surface area contributed by atoms with Gasteiger partial charge in [-0.3, -0.25) is 23.6 Å². The van der Waals surface area contributed by atoms with E-state index in [1.807, 2.05) is 6.07 Å². The second-order valence-corrected chi connectivity index (χ2v) is 6.87. The first kappa shape index (κ1) is 20.0. The van der Waals surface area contributed by atoms with Gasteiger partial charge in [0, 0.05) is 13.2 Å². The molecule has 3 heterocycles. The molecule has 1 amide bonds. The molecule has 0 aliphatic rings. The number of amides is 1. The summed E-state index contributed by atoms with van der Waals surface area (Å²) in [5.41, 5.74) is -1.06. The molecule has 4 aromatic rings. The second-order valence-electron chi connectivity index (χ2n) is 6.87. The summed E-state index contributed by atoms with van der Waals surface area (Å²) in [7, 11) is 1.69. The number of furan rings is 1. The van der Waals surface area contributed by atoms with Crippen LogP contribution in [0.2, 0.25) is 0 Å². The number of H-pyrrole nitrogens is 1. The number of nitrogens with one attached hydrogen (secondary N) is 2. The lowest BCUT2D eigenvalue weighted by atomic mass is 10.3. The maximum atomic E-state index is 13.0. The van der Waals surface area contributed by atoms with Crippen LogP contribution in [0.3, 0.4) is 0 Å². The first-order valence-electron chi connectivity index (χ1n) is 9.38. The highest BCUT2D eigenvalue weighted by molar-refractivity contribution is 6.04. The Morgan fingerprint density at radius 3 is 2.48 bits per heavy atom. The molecule has 1 aromatic carbocycles. The predicted molar refractivity (Wildman–Crippen MR) is 113 cm³/mol. The number of anilines is 1. The Morgan fingerprint density at radius 2 is 1.81 bits per heavy atom. The standard InChI is InChI=1S/C21H19N5O5/c1-13-17(20(29)26(24(13)2)14-7-4-3-5-8-14)23-18(27)16-11-22-21(30)25(19(16)28)12-15-9-6-10-31-15/h3-11H,12H2,1-2H3,(H,22,30)(H,23,27). The minimum absolute atomic E-state index is 0.0412. The molecule has 0 saturated heterocycles. The van der Waals surface area contributed by atoms with Gasteiger partial charge < -0.3 is 14.7 Å². The lowest BCUT2D eigenvalue weighted by Gasteiger charge is -2.07. The minimum atomic E-state index is -0.805. The van der Waals surface area contributed by atoms with Gasteiger partial charge in [0.2, 0.25) is 0 Å². The fourth-order valence-corrected chi connectivity index (χ4v) is 3.27. The molecule has 3 aromatic heterocycles. The van der Waals surface area contributed by atoms with Crippen LogP contribution < -0.4 is 22.1 Å². The van der Waals surface area contributed by atoms with E-state index in [9.17, 15) is 19.2 Å². The summed E-state index contributed by atoms with van der Waals surface area (Å²) in [5.74, 6) is -0.421. The van der Waals surface area contributed by atoms with Gasteiger partial charge >= 0.3 is 5.69 Å². The van der Waals surface area contributed by atoms with Gasteiger partial charge in [0.25, 0.3) is 17.0 Å². The van der Waals surface area contributed by atoms with Crippen LogP contribution in [-0.4, -0.2) is 24.8 Å². The molecule has 0 radical (unpaired) electrons. The van der Waals surface area contributed by atoms with Crippen molar-refractivity contribution in [2.45, 2.75) is 13.5 Å². The molecular weight excluding hydrogens is 402 g/mol. The van der Waals surface area contributed by atoms with Gasteiger partial charge in [-0.2, -0.15) is 0 Å². The highest BCUT2D eigenvalue weighted by Crippen LogP contribution is 2.14. The van der Waals surface area contributed by atoms with E-state index in [-0.39, 0.29) is 17.8 Å². The molecule has 0 spiro atoms. The van der Waals surface area contributed by atoms with Crippen molar-refractivity contribution in [1.29, 1.82) is 0 Å². The number of benzene rings is 1. The van der Waals surface area contributed by atoms with Gasteiger partial charge in [-0.15, -0.1) is 0 Å². The van der Waals surface area contributed by atoms with Crippen LogP contribution in [0.15, 0.2) is 73.7 Å². The molecule has 158 valence electrons. The summed E-state index contributed by atoms with van der Waals surface area (Å²) in [5, 5.41) is 2.52. The third-order valence-electron chi connectivity index (χ3n) is 4.99. The van der Waals surface area contributed by atoms with Crippen LogP contribution >= 0.6 is 0 Å². The average Bonchev–Trinajstić information content (AvgIpc) is 3.34. The van der Waals surface area contributed by atoms with Crippen LogP contribution in [0, 0.1) is 6.92 Å². The summed E-state index contributed by atoms with van der Waals surface area (Å²) in [6, 6.07) is 12.2. The molecule has 10 nitrogen and oxygen atoms in total. The number of nitrogens with zero attached hydrogens (tertiary/aromatic N) is 3. The summed E-state index contributed by atoms with van der Waals surface area (Å²) in [6.07, 6.45) is 2.45. The van der Waals surface area contributed by atoms with Crippen molar-refractivity contribution < 1.29 is 9.21 Å². The minimum Gasteiger partial charge on any atom is -0.467 e. The number of para-hydroxylation sites is 1. The average molecular weight is 421 g/mol. The van der Waals surface area contributed by atoms with E-state index in [0.29, 0.717) is 17.1 Å². The summed E-state index contributed by atoms with van der Waals surface area (Å²) < 4.78 is 9.04. The van der Waals surface area contributed by atoms with Crippen molar-refractivity contribution in [3.05, 3.63) is 103 Å². The largest absolute Gasteiger partial charge is 0.467 e. The van der Waals surface area contributed by atoms with Crippen molar-refractivity contribution in [2.75, 3.05) is 5.32 Å². The number of rotatable bonds is 5. The van der Waals surface area contributed by atoms with Gasteiger partial charge in [-0.1, -0.05) is 18.2 Å². The van der Waals surface area contributed by atoms with E-state index in [1.54, 1.807) is 55.1 Å². The van der Waals surface area contributed by atoms with Gasteiger partial charge in [0.05, 0.1) is 24.2 Å². The second kappa shape index (κ2) is 7.82. The molecule has 10 heteroatoms. The number of carbonyl (C=O) groups is 1. The van der Waals surface area contributed by atoms with Crippen LogP contribution in [0.4, 0.5) is 5.69 Å². The molecule has 0 saturated carbocycles. The van der Waals surface area contributed by atoms with Crippen molar-refractivity contribution in [3.63, 3.8) is 0 Å². The molecular formula is C21H19N5O5. The van der Waals surface area contributed by atoms with Crippen LogP contribution in [0.5, 0.6) is 0 Å². The van der Waals surface area contributed by atoms with Crippen molar-refractivity contribution >= 4 is 11.6 Å². The zero-order valence-electron chi connectivity index (χ0n) is 16.8. The Kier molecular flexibility index (Phi) is 5.04. The molecule has 0 bridgehead atoms. The van der Waals surface area contributed by atoms with Crippen molar-refractivity contribution in [1.82, 2.24) is 18.9 Å². The molecule has 0 aliphatic heterocycles. The fraction of sp³-hybridized carbons (Fsp3) is 0.143. The lowest BCUT2D eigenvalue weighted by molar-refractivity contribution is 0.102. The van der Waals surface area contributed by atoms with E-state index >= 15 is 0 Å². The van der Waals surface area contributed by atoms with Crippen LogP contribution in [0.25, 0.3) is 5.69 Å². The normalized spacial score (nSPS) is 10.9. The Labute approximate surface area is 175 Å². The topological polar surface area (TPSA) is 124 Å². The van der Waals surface area contributed by atoms with Crippen molar-refractivity contribution in [2.24, 2.45) is 7.05 Å². The Morgan fingerprint density at radius 1 is 1.06 bits per heavy atom. The van der Waals surface area contributed by atoms with E-state index in [0.717, 1.165) is 10.8 Å². The van der Waals surface area contributed by atoms with Gasteiger partial charge in [0.1, 0.15) is 17.0 Å². The number of hydrogen-bond acceptors (Lipinski definition) is 5. The lowest BCUT2D eigenvalue weighted by Crippen LogP contribution is -2.39. The number of aromatic nitrogens is 4. The van der Waals surface area contributed by atoms with E-state index in [1.165, 1.54) is 10.9 Å². The zero-order chi connectivity index (χ0) is 22.1. The SMILES string of the molecule is Cc1c(NC(=O)c2c[nH]c(=O)n(Cc3ccco3)c2=O)c(=O)n(-c2ccccc2)n1C. The first-order valence-corrected chi connectivity index (χ1v) is 9.38. The van der Waals surface area contributed by atoms with E-state index < -0.39 is 22.7 Å². The number of carbonyl (C=O) groups excluding carboxylic acids is 1. The van der Waals surface area contributed by atoms with Crippen LogP contribution in [-0.2, 0) is 13.6 Å². The molecule has 0 aliphatic carbocycles. The summed E-state index contributed by atoms with van der Waals surface area (Å²) in [6.45, 7) is 1.55. The Balaban J connectivity index is 1.71. The maximum absolute atomic E-state index is 13.0. The third-order valence-corrected chi connectivity index (χ3v) is 4.99. The first-order chi connectivity index (χ1) is 14.9. The maximum Gasteiger partial charge on any atom is 0.328 e. The summed E-state index contributed by atoms with van der Waals surface area (Å²) >= 11 is 0. The summed E-state index contributed by atoms with van der Waals surface area (Å²) in [4.78, 5) is 53.0. The smallest absolute Gasteiger partial charge is 0.328 e. The molecule has 0 unspecified atom stereocenters. The Hall–Kier alpha value is -4.34. The molecule has 0 fully saturated rings. The Bertz CT molecular complexity index is 1420. The number of hydrogen-bond donors (Lipinski definition) is 2. The highest BCUT2D eigenvalue weighted by atomic mass is 16.3. The quantitative estimate of drug-likeness (QED) is 0.502. The molecule has 31 heavy (non-hydrogen) atoms. The molecule has 2 N–H and O–H groups in total. The molecule has 4 rings (SSSR count). The highest BCUT2D eigenvalue weighted by Gasteiger charge is 2.21. The predicted octanol–water partition coefficient (Wildman–Crippen LogP) is 1.23. The third kappa shape index (κ3) is 3.54. The van der Waals surface area contributed by atoms with Crippen LogP contribution in [0.1, 0.15) is 21.8 Å². The van der Waals surface area contributed by atoms with E-state index in [4.69, 9.17) is 4.42 Å². The zero-order valence-corrected chi connectivity index (χ0v) is 16.8. The molecule has 0 atom stereocenters. The monoisotopic (exact) mass is 421 g/mol. The van der Waals surface area contributed by atoms with Gasteiger partial charge in [0.15, 0.2) is 0 Å². The number of aromatic amines is 1. The van der Waals surface area contributed by atoms with E-state index in [2.05, 4.69) is 10.3 Å².